The van der Waals surface area contributed by atoms with Crippen LogP contribution in [0.1, 0.15) is 10.8 Å². The van der Waals surface area contributed by atoms with Crippen molar-refractivity contribution in [2.24, 2.45) is 5.73 Å². The van der Waals surface area contributed by atoms with Crippen molar-refractivity contribution in [3.8, 4) is 0 Å². The molecule has 0 bridgehead atoms. The van der Waals surface area contributed by atoms with Crippen molar-refractivity contribution in [1.29, 1.82) is 0 Å². The van der Waals surface area contributed by atoms with Crippen LogP contribution in [-0.4, -0.2) is 6.54 Å². The van der Waals surface area contributed by atoms with Gasteiger partial charge in [0.2, 0.25) is 0 Å². The topological polar surface area (TPSA) is 26.0 Å². The maximum atomic E-state index is 6.03. The highest BCUT2D eigenvalue weighted by Gasteiger charge is 2.12. The van der Waals surface area contributed by atoms with E-state index < -0.39 is 0 Å². The minimum Gasteiger partial charge on any atom is -0.329 e. The minimum absolute atomic E-state index is 0.190. The van der Waals surface area contributed by atoms with E-state index in [2.05, 4.69) is 28.1 Å². The van der Waals surface area contributed by atoms with E-state index in [9.17, 15) is 0 Å². The maximum absolute atomic E-state index is 6.03. The Morgan fingerprint density at radius 3 is 2.53 bits per heavy atom. The van der Waals surface area contributed by atoms with E-state index in [1.165, 1.54) is 5.56 Å². The summed E-state index contributed by atoms with van der Waals surface area (Å²) < 4.78 is 1.05. The van der Waals surface area contributed by atoms with Gasteiger partial charge in [0.05, 0.1) is 10.0 Å². The van der Waals surface area contributed by atoms with Gasteiger partial charge in [-0.05, 0) is 35.9 Å². The molecule has 2 rings (SSSR count). The zero-order valence-electron chi connectivity index (χ0n) is 9.95. The molecule has 0 saturated heterocycles. The first-order chi connectivity index (χ1) is 9.10. The lowest BCUT2D eigenvalue weighted by Gasteiger charge is -2.15. The highest BCUT2D eigenvalue weighted by Crippen LogP contribution is 2.37. The Bertz CT molecular complexity index is 577. The van der Waals surface area contributed by atoms with Crippen molar-refractivity contribution < 1.29 is 0 Å². The standard InChI is InChI=1S/C14H12BrCl2NS/c15-10-3-1-2-9(6-10)14(8-18)19-11-4-5-12(16)13(17)7-11/h1-7,14H,8,18H2. The highest BCUT2D eigenvalue weighted by molar-refractivity contribution is 9.10. The van der Waals surface area contributed by atoms with Crippen LogP contribution in [0, 0.1) is 0 Å². The van der Waals surface area contributed by atoms with Gasteiger partial charge in [0.1, 0.15) is 0 Å². The van der Waals surface area contributed by atoms with Gasteiger partial charge in [-0.2, -0.15) is 0 Å². The Morgan fingerprint density at radius 1 is 1.11 bits per heavy atom. The summed E-state index contributed by atoms with van der Waals surface area (Å²) in [4.78, 5) is 1.06. The summed E-state index contributed by atoms with van der Waals surface area (Å²) in [6.07, 6.45) is 0. The van der Waals surface area contributed by atoms with Crippen molar-refractivity contribution >= 4 is 50.9 Å². The molecule has 0 amide bonds. The molecule has 1 nitrogen and oxygen atoms in total. The highest BCUT2D eigenvalue weighted by atomic mass is 79.9. The zero-order chi connectivity index (χ0) is 13.8. The van der Waals surface area contributed by atoms with Crippen LogP contribution in [0.25, 0.3) is 0 Å². The number of nitrogens with two attached hydrogens (primary N) is 1. The molecule has 1 unspecified atom stereocenters. The Hall–Kier alpha value is -0.190. The summed E-state index contributed by atoms with van der Waals surface area (Å²) in [6, 6.07) is 13.8. The van der Waals surface area contributed by atoms with Gasteiger partial charge in [0, 0.05) is 21.2 Å². The van der Waals surface area contributed by atoms with Crippen molar-refractivity contribution in [2.75, 3.05) is 6.54 Å². The van der Waals surface area contributed by atoms with Gasteiger partial charge < -0.3 is 5.73 Å². The summed E-state index contributed by atoms with van der Waals surface area (Å²) in [5.41, 5.74) is 7.06. The van der Waals surface area contributed by atoms with Gasteiger partial charge in [-0.15, -0.1) is 11.8 Å². The average Bonchev–Trinajstić information content (AvgIpc) is 2.40. The minimum atomic E-state index is 0.190. The van der Waals surface area contributed by atoms with Crippen molar-refractivity contribution in [2.45, 2.75) is 10.1 Å². The normalized spacial score (nSPS) is 12.4. The summed E-state index contributed by atoms with van der Waals surface area (Å²) in [5, 5.41) is 1.32. The van der Waals surface area contributed by atoms with Crippen LogP contribution in [0.2, 0.25) is 10.0 Å². The number of benzene rings is 2. The molecule has 0 spiro atoms. The van der Waals surface area contributed by atoms with Gasteiger partial charge in [0.15, 0.2) is 0 Å². The lowest BCUT2D eigenvalue weighted by atomic mass is 10.1. The number of hydrogen-bond donors (Lipinski definition) is 1. The molecule has 1 atom stereocenters. The Kier molecular flexibility index (Phi) is 5.60. The first kappa shape index (κ1) is 15.2. The maximum Gasteiger partial charge on any atom is 0.0603 e. The molecule has 0 aliphatic rings. The SMILES string of the molecule is NCC(Sc1ccc(Cl)c(Cl)c1)c1cccc(Br)c1. The predicted octanol–water partition coefficient (Wildman–Crippen LogP) is 5.55. The quantitative estimate of drug-likeness (QED) is 0.708. The summed E-state index contributed by atoms with van der Waals surface area (Å²) in [6.45, 7) is 0.557. The van der Waals surface area contributed by atoms with Crippen molar-refractivity contribution in [3.05, 3.63) is 62.5 Å². The largest absolute Gasteiger partial charge is 0.329 e. The van der Waals surface area contributed by atoms with E-state index in [0.717, 1.165) is 9.37 Å². The lowest BCUT2D eigenvalue weighted by Crippen LogP contribution is -2.09. The third kappa shape index (κ3) is 4.14. The van der Waals surface area contributed by atoms with Gasteiger partial charge in [-0.1, -0.05) is 51.3 Å². The number of thioether (sulfide) groups is 1. The third-order valence-electron chi connectivity index (χ3n) is 2.60. The number of halogens is 3. The molecule has 2 N–H and O–H groups in total. The van der Waals surface area contributed by atoms with Gasteiger partial charge in [0.25, 0.3) is 0 Å². The van der Waals surface area contributed by atoms with Crippen LogP contribution in [-0.2, 0) is 0 Å². The molecule has 0 saturated carbocycles. The molecule has 2 aromatic rings. The molecule has 0 aromatic heterocycles. The third-order valence-corrected chi connectivity index (χ3v) is 5.11. The van der Waals surface area contributed by atoms with Crippen molar-refractivity contribution in [1.82, 2.24) is 0 Å². The number of rotatable bonds is 4. The lowest BCUT2D eigenvalue weighted by molar-refractivity contribution is 0.940. The van der Waals surface area contributed by atoms with Crippen LogP contribution >= 0.6 is 50.9 Å². The second-order valence-corrected chi connectivity index (χ2v) is 6.98. The fraction of sp³-hybridized carbons (Fsp3) is 0.143. The Morgan fingerprint density at radius 2 is 1.89 bits per heavy atom. The zero-order valence-corrected chi connectivity index (χ0v) is 13.9. The average molecular weight is 377 g/mol. The van der Waals surface area contributed by atoms with Gasteiger partial charge in [-0.3, -0.25) is 0 Å². The molecule has 0 aliphatic heterocycles. The fourth-order valence-electron chi connectivity index (χ4n) is 1.67. The first-order valence-corrected chi connectivity index (χ1v) is 8.10. The predicted molar refractivity (Wildman–Crippen MR) is 88.3 cm³/mol. The molecular formula is C14H12BrCl2NS. The van der Waals surface area contributed by atoms with E-state index >= 15 is 0 Å². The molecular weight excluding hydrogens is 365 g/mol. The summed E-state index contributed by atoms with van der Waals surface area (Å²) in [7, 11) is 0. The molecule has 100 valence electrons. The fourth-order valence-corrected chi connectivity index (χ4v) is 3.49. The van der Waals surface area contributed by atoms with Crippen LogP contribution in [0.5, 0.6) is 0 Å². The molecule has 0 heterocycles. The van der Waals surface area contributed by atoms with Crippen LogP contribution < -0.4 is 5.73 Å². The molecule has 0 fully saturated rings. The van der Waals surface area contributed by atoms with E-state index in [0.29, 0.717) is 16.6 Å². The molecule has 19 heavy (non-hydrogen) atoms. The van der Waals surface area contributed by atoms with E-state index in [1.807, 2.05) is 24.3 Å². The van der Waals surface area contributed by atoms with E-state index in [4.69, 9.17) is 28.9 Å². The second-order valence-electron chi connectivity index (χ2n) is 3.97. The molecule has 0 radical (unpaired) electrons. The van der Waals surface area contributed by atoms with Crippen molar-refractivity contribution in [3.63, 3.8) is 0 Å². The molecule has 5 heteroatoms. The van der Waals surface area contributed by atoms with E-state index in [-0.39, 0.29) is 5.25 Å². The number of hydrogen-bond acceptors (Lipinski definition) is 2. The smallest absolute Gasteiger partial charge is 0.0603 e. The van der Waals surface area contributed by atoms with Gasteiger partial charge in [-0.25, -0.2) is 0 Å². The monoisotopic (exact) mass is 375 g/mol. The van der Waals surface area contributed by atoms with Crippen LogP contribution in [0.4, 0.5) is 0 Å². The first-order valence-electron chi connectivity index (χ1n) is 5.67. The van der Waals surface area contributed by atoms with E-state index in [1.54, 1.807) is 17.8 Å². The van der Waals surface area contributed by atoms with Crippen LogP contribution in [0.15, 0.2) is 51.8 Å². The second kappa shape index (κ2) is 7.00. The summed E-state index contributed by atoms with van der Waals surface area (Å²) in [5.74, 6) is 0. The molecule has 2 aromatic carbocycles. The summed E-state index contributed by atoms with van der Waals surface area (Å²) >= 11 is 17.1. The Balaban J connectivity index is 2.21. The van der Waals surface area contributed by atoms with Crippen LogP contribution in [0.3, 0.4) is 0 Å². The Labute approximate surface area is 135 Å². The van der Waals surface area contributed by atoms with Gasteiger partial charge >= 0.3 is 0 Å². The molecule has 0 aliphatic carbocycles.